The van der Waals surface area contributed by atoms with E-state index in [-0.39, 0.29) is 18.2 Å². The number of rotatable bonds is 5. The molecule has 0 bridgehead atoms. The molecule has 0 aliphatic carbocycles. The van der Waals surface area contributed by atoms with Crippen molar-refractivity contribution >= 4 is 29.0 Å². The van der Waals surface area contributed by atoms with Crippen molar-refractivity contribution in [3.05, 3.63) is 66.5 Å². The zero-order valence-corrected chi connectivity index (χ0v) is 13.7. The molecule has 0 spiro atoms. The van der Waals surface area contributed by atoms with E-state index in [0.717, 1.165) is 11.3 Å². The minimum absolute atomic E-state index is 0.163. The van der Waals surface area contributed by atoms with E-state index >= 15 is 0 Å². The van der Waals surface area contributed by atoms with Gasteiger partial charge in [-0.15, -0.1) is 0 Å². The summed E-state index contributed by atoms with van der Waals surface area (Å²) in [7, 11) is 0. The Kier molecular flexibility index (Phi) is 4.56. The Labute approximate surface area is 144 Å². The molecule has 0 radical (unpaired) electrons. The normalized spacial score (nSPS) is 10.4. The summed E-state index contributed by atoms with van der Waals surface area (Å²) in [6.45, 7) is 5.27. The van der Waals surface area contributed by atoms with E-state index in [9.17, 15) is 9.59 Å². The Morgan fingerprint density at radius 1 is 1.20 bits per heavy atom. The highest BCUT2D eigenvalue weighted by atomic mass is 16.2. The number of hydrogen-bond donors (Lipinski definition) is 2. The van der Waals surface area contributed by atoms with Gasteiger partial charge in [-0.05, 0) is 36.8 Å². The standard InChI is InChI=1S/C18H17N5O2/c1-3-17(24)20-14-6-4-13(5-7-14)11-18(25)21-15-8-9-19-16-10-12(2)22-23(15)16/h3-10H,1,11H2,2H3,(H,20,24)(H,21,25). The third kappa shape index (κ3) is 3.89. The summed E-state index contributed by atoms with van der Waals surface area (Å²) >= 11 is 0. The number of nitrogens with zero attached hydrogens (tertiary/aromatic N) is 3. The summed E-state index contributed by atoms with van der Waals surface area (Å²) in [6.07, 6.45) is 3.04. The van der Waals surface area contributed by atoms with E-state index in [4.69, 9.17) is 0 Å². The number of hydrogen-bond acceptors (Lipinski definition) is 4. The van der Waals surface area contributed by atoms with Gasteiger partial charge in [0.25, 0.3) is 0 Å². The van der Waals surface area contributed by atoms with E-state index in [1.165, 1.54) is 6.08 Å². The van der Waals surface area contributed by atoms with E-state index in [1.807, 2.05) is 13.0 Å². The van der Waals surface area contributed by atoms with Crippen molar-refractivity contribution in [3.63, 3.8) is 0 Å². The van der Waals surface area contributed by atoms with Crippen LogP contribution in [-0.2, 0) is 16.0 Å². The Bertz CT molecular complexity index is 944. The number of fused-ring (bicyclic) bond motifs is 1. The minimum Gasteiger partial charge on any atom is -0.323 e. The first-order valence-corrected chi connectivity index (χ1v) is 7.69. The highest BCUT2D eigenvalue weighted by Crippen LogP contribution is 2.13. The molecule has 0 fully saturated rings. The van der Waals surface area contributed by atoms with Crippen LogP contribution in [0, 0.1) is 6.92 Å². The maximum Gasteiger partial charge on any atom is 0.247 e. The lowest BCUT2D eigenvalue weighted by atomic mass is 10.1. The molecule has 2 amide bonds. The van der Waals surface area contributed by atoms with Crippen LogP contribution in [0.15, 0.2) is 55.3 Å². The summed E-state index contributed by atoms with van der Waals surface area (Å²) in [5, 5.41) is 9.81. The first-order valence-electron chi connectivity index (χ1n) is 7.69. The summed E-state index contributed by atoms with van der Waals surface area (Å²) in [6, 6.07) is 10.6. The van der Waals surface area contributed by atoms with Gasteiger partial charge in [0.1, 0.15) is 5.82 Å². The molecule has 3 rings (SSSR count). The van der Waals surface area contributed by atoms with Gasteiger partial charge in [-0.2, -0.15) is 9.61 Å². The van der Waals surface area contributed by atoms with Gasteiger partial charge in [0.2, 0.25) is 11.8 Å². The number of carbonyl (C=O) groups excluding carboxylic acids is 2. The molecule has 2 N–H and O–H groups in total. The summed E-state index contributed by atoms with van der Waals surface area (Å²) < 4.78 is 1.60. The quantitative estimate of drug-likeness (QED) is 0.701. The lowest BCUT2D eigenvalue weighted by Gasteiger charge is -2.08. The van der Waals surface area contributed by atoms with Gasteiger partial charge >= 0.3 is 0 Å². The Hall–Kier alpha value is -3.48. The van der Waals surface area contributed by atoms with Crippen LogP contribution in [0.2, 0.25) is 0 Å². The van der Waals surface area contributed by atoms with Gasteiger partial charge in [-0.3, -0.25) is 9.59 Å². The van der Waals surface area contributed by atoms with Crippen LogP contribution in [0.5, 0.6) is 0 Å². The molecule has 2 heterocycles. The second-order valence-corrected chi connectivity index (χ2v) is 5.50. The lowest BCUT2D eigenvalue weighted by molar-refractivity contribution is -0.115. The van der Waals surface area contributed by atoms with Crippen LogP contribution < -0.4 is 10.6 Å². The number of aromatic nitrogens is 3. The maximum absolute atomic E-state index is 12.3. The third-order valence-electron chi connectivity index (χ3n) is 3.52. The van der Waals surface area contributed by atoms with Gasteiger partial charge in [0.05, 0.1) is 12.1 Å². The molecule has 126 valence electrons. The third-order valence-corrected chi connectivity index (χ3v) is 3.52. The van der Waals surface area contributed by atoms with Crippen LogP contribution in [-0.4, -0.2) is 26.4 Å². The molecule has 0 unspecified atom stereocenters. The fraction of sp³-hybridized carbons (Fsp3) is 0.111. The molecule has 0 saturated carbocycles. The zero-order chi connectivity index (χ0) is 17.8. The van der Waals surface area contributed by atoms with Crippen molar-refractivity contribution in [2.45, 2.75) is 13.3 Å². The molecule has 25 heavy (non-hydrogen) atoms. The second kappa shape index (κ2) is 6.96. The fourth-order valence-electron chi connectivity index (χ4n) is 2.38. The van der Waals surface area contributed by atoms with Crippen LogP contribution >= 0.6 is 0 Å². The van der Waals surface area contributed by atoms with Gasteiger partial charge in [0, 0.05) is 18.0 Å². The Balaban J connectivity index is 1.67. The first kappa shape index (κ1) is 16.4. The predicted molar refractivity (Wildman–Crippen MR) is 95.3 cm³/mol. The van der Waals surface area contributed by atoms with Crippen molar-refractivity contribution in [2.24, 2.45) is 0 Å². The van der Waals surface area contributed by atoms with E-state index < -0.39 is 0 Å². The molecule has 2 aromatic heterocycles. The van der Waals surface area contributed by atoms with Crippen molar-refractivity contribution in [1.82, 2.24) is 14.6 Å². The predicted octanol–water partition coefficient (Wildman–Crippen LogP) is 2.34. The second-order valence-electron chi connectivity index (χ2n) is 5.50. The average Bonchev–Trinajstić information content (AvgIpc) is 2.98. The number of carbonyl (C=O) groups is 2. The highest BCUT2D eigenvalue weighted by molar-refractivity contribution is 5.99. The Morgan fingerprint density at radius 3 is 2.68 bits per heavy atom. The molecule has 0 aliphatic rings. The molecular weight excluding hydrogens is 318 g/mol. The molecule has 0 atom stereocenters. The Morgan fingerprint density at radius 2 is 1.96 bits per heavy atom. The average molecular weight is 335 g/mol. The van der Waals surface area contributed by atoms with E-state index in [2.05, 4.69) is 27.3 Å². The summed E-state index contributed by atoms with van der Waals surface area (Å²) in [4.78, 5) is 27.7. The zero-order valence-electron chi connectivity index (χ0n) is 13.7. The van der Waals surface area contributed by atoms with Crippen molar-refractivity contribution in [3.8, 4) is 0 Å². The minimum atomic E-state index is -0.276. The number of anilines is 2. The van der Waals surface area contributed by atoms with Gasteiger partial charge < -0.3 is 10.6 Å². The van der Waals surface area contributed by atoms with E-state index in [1.54, 1.807) is 41.0 Å². The van der Waals surface area contributed by atoms with Gasteiger partial charge in [-0.1, -0.05) is 18.7 Å². The number of benzene rings is 1. The summed E-state index contributed by atoms with van der Waals surface area (Å²) in [5.74, 6) is 0.128. The topological polar surface area (TPSA) is 88.4 Å². The van der Waals surface area contributed by atoms with Crippen LogP contribution in [0.4, 0.5) is 11.5 Å². The van der Waals surface area contributed by atoms with Crippen molar-refractivity contribution in [2.75, 3.05) is 10.6 Å². The largest absolute Gasteiger partial charge is 0.323 e. The van der Waals surface area contributed by atoms with Gasteiger partial charge in [-0.25, -0.2) is 4.98 Å². The molecular formula is C18H17N5O2. The molecule has 7 heteroatoms. The summed E-state index contributed by atoms with van der Waals surface area (Å²) in [5.41, 5.74) is 2.98. The highest BCUT2D eigenvalue weighted by Gasteiger charge is 2.09. The molecule has 1 aromatic carbocycles. The first-order chi connectivity index (χ1) is 12.0. The lowest BCUT2D eigenvalue weighted by Crippen LogP contribution is -2.17. The molecule has 0 saturated heterocycles. The van der Waals surface area contributed by atoms with Crippen LogP contribution in [0.3, 0.4) is 0 Å². The molecule has 0 aliphatic heterocycles. The number of amides is 2. The monoisotopic (exact) mass is 335 g/mol. The SMILES string of the molecule is C=CC(=O)Nc1ccc(CC(=O)Nc2ccnc3cc(C)nn23)cc1. The number of aryl methyl sites for hydroxylation is 1. The van der Waals surface area contributed by atoms with Gasteiger partial charge in [0.15, 0.2) is 5.65 Å². The van der Waals surface area contributed by atoms with Crippen LogP contribution in [0.25, 0.3) is 5.65 Å². The van der Waals surface area contributed by atoms with Crippen molar-refractivity contribution < 1.29 is 9.59 Å². The molecule has 3 aromatic rings. The maximum atomic E-state index is 12.3. The van der Waals surface area contributed by atoms with Crippen molar-refractivity contribution in [1.29, 1.82) is 0 Å². The smallest absolute Gasteiger partial charge is 0.247 e. The van der Waals surface area contributed by atoms with Crippen LogP contribution in [0.1, 0.15) is 11.3 Å². The number of nitrogens with one attached hydrogen (secondary N) is 2. The fourth-order valence-corrected chi connectivity index (χ4v) is 2.38. The molecule has 7 nitrogen and oxygen atoms in total. The van der Waals surface area contributed by atoms with E-state index in [0.29, 0.717) is 17.2 Å².